The Hall–Kier alpha value is -1.11. The van der Waals surface area contributed by atoms with Gasteiger partial charge in [-0.05, 0) is 50.4 Å². The number of amides is 1. The number of rotatable bonds is 6. The van der Waals surface area contributed by atoms with Crippen molar-refractivity contribution in [2.24, 2.45) is 16.8 Å². The first-order chi connectivity index (χ1) is 13.0. The second-order valence-corrected chi connectivity index (χ2v) is 10.7. The van der Waals surface area contributed by atoms with Crippen LogP contribution in [0.25, 0.3) is 0 Å². The molecule has 7 heteroatoms. The van der Waals surface area contributed by atoms with E-state index >= 15 is 0 Å². The van der Waals surface area contributed by atoms with Crippen molar-refractivity contribution in [1.29, 1.82) is 0 Å². The van der Waals surface area contributed by atoms with Crippen molar-refractivity contribution in [1.82, 2.24) is 15.5 Å². The van der Waals surface area contributed by atoms with Crippen molar-refractivity contribution in [2.75, 3.05) is 26.4 Å². The lowest BCUT2D eigenvalue weighted by atomic mass is 9.94. The summed E-state index contributed by atoms with van der Waals surface area (Å²) in [4.78, 5) is 18.2. The molecule has 0 aromatic heterocycles. The maximum atomic E-state index is 12.2. The van der Waals surface area contributed by atoms with Gasteiger partial charge in [0.15, 0.2) is 5.96 Å². The lowest BCUT2D eigenvalue weighted by Gasteiger charge is -2.32. The molecule has 0 aromatic rings. The zero-order valence-corrected chi connectivity index (χ0v) is 17.9. The van der Waals surface area contributed by atoms with E-state index in [9.17, 15) is 9.00 Å². The molecule has 0 heterocycles. The van der Waals surface area contributed by atoms with Crippen LogP contribution in [-0.4, -0.2) is 64.7 Å². The number of carbonyl (C=O) groups is 1. The highest BCUT2D eigenvalue weighted by Crippen LogP contribution is 2.44. The van der Waals surface area contributed by atoms with Gasteiger partial charge in [0.1, 0.15) is 6.54 Å². The van der Waals surface area contributed by atoms with E-state index in [1.165, 1.54) is 25.7 Å². The third-order valence-electron chi connectivity index (χ3n) is 6.55. The molecule has 0 saturated heterocycles. The molecule has 3 aliphatic rings. The fourth-order valence-corrected chi connectivity index (χ4v) is 6.31. The first kappa shape index (κ1) is 20.6. The number of aliphatic imine (C=N–C) groups is 1. The number of carbonyl (C=O) groups excluding carboxylic acids is 1. The molecule has 3 rings (SSSR count). The monoisotopic (exact) mass is 396 g/mol. The van der Waals surface area contributed by atoms with Crippen LogP contribution in [0.5, 0.6) is 0 Å². The van der Waals surface area contributed by atoms with Gasteiger partial charge < -0.3 is 15.5 Å². The van der Waals surface area contributed by atoms with E-state index in [0.717, 1.165) is 49.2 Å². The van der Waals surface area contributed by atoms with E-state index in [1.807, 2.05) is 6.92 Å². The summed E-state index contributed by atoms with van der Waals surface area (Å²) in [7, 11) is 2.80. The lowest BCUT2D eigenvalue weighted by molar-refractivity contribution is -0.127. The largest absolute Gasteiger partial charge is 0.354 e. The molecule has 0 aliphatic heterocycles. The minimum absolute atomic E-state index is 0.0117. The van der Waals surface area contributed by atoms with Gasteiger partial charge in [0.2, 0.25) is 5.91 Å². The fourth-order valence-electron chi connectivity index (χ4n) is 4.96. The summed E-state index contributed by atoms with van der Waals surface area (Å²) in [6.07, 6.45) is 9.41. The molecule has 2 N–H and O–H groups in total. The Kier molecular flexibility index (Phi) is 7.17. The number of guanidine groups is 1. The maximum absolute atomic E-state index is 12.2. The third kappa shape index (κ3) is 5.46. The number of fused-ring (bicyclic) bond motifs is 2. The molecular formula is C20H36N4O2S. The van der Waals surface area contributed by atoms with E-state index in [1.54, 1.807) is 19.0 Å². The summed E-state index contributed by atoms with van der Waals surface area (Å²) in [6.45, 7) is 2.17. The van der Waals surface area contributed by atoms with Gasteiger partial charge in [0, 0.05) is 48.0 Å². The average Bonchev–Trinajstić information content (AvgIpc) is 3.28. The van der Waals surface area contributed by atoms with Crippen LogP contribution >= 0.6 is 0 Å². The molecule has 0 spiro atoms. The van der Waals surface area contributed by atoms with Crippen molar-refractivity contribution in [2.45, 2.75) is 75.6 Å². The molecule has 3 fully saturated rings. The summed E-state index contributed by atoms with van der Waals surface area (Å²) in [5.41, 5.74) is 0. The molecule has 6 nitrogen and oxygen atoms in total. The van der Waals surface area contributed by atoms with Crippen LogP contribution in [0.1, 0.15) is 58.3 Å². The maximum Gasteiger partial charge on any atom is 0.243 e. The topological polar surface area (TPSA) is 73.8 Å². The van der Waals surface area contributed by atoms with Gasteiger partial charge in [-0.3, -0.25) is 9.00 Å². The number of nitrogens with zero attached hydrogens (tertiary/aromatic N) is 2. The molecule has 27 heavy (non-hydrogen) atoms. The third-order valence-corrected chi connectivity index (χ3v) is 8.30. The van der Waals surface area contributed by atoms with Crippen LogP contribution in [0.2, 0.25) is 0 Å². The minimum Gasteiger partial charge on any atom is -0.354 e. The molecular weight excluding hydrogens is 360 g/mol. The van der Waals surface area contributed by atoms with E-state index in [4.69, 9.17) is 0 Å². The molecule has 6 atom stereocenters. The van der Waals surface area contributed by atoms with Crippen molar-refractivity contribution < 1.29 is 9.00 Å². The van der Waals surface area contributed by atoms with Crippen LogP contribution in [-0.2, 0) is 15.6 Å². The van der Waals surface area contributed by atoms with Gasteiger partial charge in [0.05, 0.1) is 0 Å². The van der Waals surface area contributed by atoms with Gasteiger partial charge in [0.25, 0.3) is 0 Å². The highest BCUT2D eigenvalue weighted by Gasteiger charge is 2.40. The summed E-state index contributed by atoms with van der Waals surface area (Å²) in [6, 6.07) is 0.771. The van der Waals surface area contributed by atoms with Crippen molar-refractivity contribution in [3.63, 3.8) is 0 Å². The Morgan fingerprint density at radius 1 is 1.11 bits per heavy atom. The van der Waals surface area contributed by atoms with E-state index < -0.39 is 10.8 Å². The smallest absolute Gasteiger partial charge is 0.243 e. The molecule has 0 aromatic carbocycles. The van der Waals surface area contributed by atoms with Gasteiger partial charge in [-0.15, -0.1) is 0 Å². The summed E-state index contributed by atoms with van der Waals surface area (Å²) in [5, 5.41) is 7.50. The minimum atomic E-state index is -0.733. The van der Waals surface area contributed by atoms with E-state index in [0.29, 0.717) is 12.1 Å². The quantitative estimate of drug-likeness (QED) is 0.531. The molecule has 3 aliphatic carbocycles. The summed E-state index contributed by atoms with van der Waals surface area (Å²) >= 11 is 0. The zero-order chi connectivity index (χ0) is 19.4. The Balaban J connectivity index is 1.62. The van der Waals surface area contributed by atoms with Crippen molar-refractivity contribution in [3.8, 4) is 0 Å². The second kappa shape index (κ2) is 9.39. The van der Waals surface area contributed by atoms with Gasteiger partial charge in [-0.25, -0.2) is 4.99 Å². The van der Waals surface area contributed by atoms with E-state index in [2.05, 4.69) is 15.6 Å². The Labute approximate surface area is 166 Å². The number of hydrogen-bond acceptors (Lipinski definition) is 3. The van der Waals surface area contributed by atoms with Crippen LogP contribution in [0.3, 0.4) is 0 Å². The van der Waals surface area contributed by atoms with Crippen LogP contribution in [0, 0.1) is 11.8 Å². The Morgan fingerprint density at radius 2 is 1.93 bits per heavy atom. The standard InChI is InChI=1S/C20H36N4O2S/c1-4-27(26)17-7-5-6-16(12-17)22-20(21-13-19(25)24(2)3)23-18-11-14-8-9-15(18)10-14/h14-18H,4-13H2,1-3H3,(H2,21,22,23). The molecule has 0 radical (unpaired) electrons. The zero-order valence-electron chi connectivity index (χ0n) is 17.1. The van der Waals surface area contributed by atoms with Gasteiger partial charge in [-0.2, -0.15) is 0 Å². The average molecular weight is 397 g/mol. The first-order valence-electron chi connectivity index (χ1n) is 10.6. The van der Waals surface area contributed by atoms with Crippen molar-refractivity contribution >= 4 is 22.7 Å². The normalized spacial score (nSPS) is 34.3. The number of nitrogens with one attached hydrogen (secondary N) is 2. The molecule has 6 unspecified atom stereocenters. The van der Waals surface area contributed by atoms with Crippen LogP contribution < -0.4 is 10.6 Å². The highest BCUT2D eigenvalue weighted by molar-refractivity contribution is 7.85. The SMILES string of the molecule is CCS(=O)C1CCCC(NC(=NCC(=O)N(C)C)NC2CC3CCC2C3)C1. The predicted octanol–water partition coefficient (Wildman–Crippen LogP) is 1.88. The first-order valence-corrected chi connectivity index (χ1v) is 12.0. The Morgan fingerprint density at radius 3 is 2.56 bits per heavy atom. The van der Waals surface area contributed by atoms with E-state index in [-0.39, 0.29) is 17.7 Å². The summed E-state index contributed by atoms with van der Waals surface area (Å²) < 4.78 is 12.2. The number of likely N-dealkylation sites (N-methyl/N-ethyl adjacent to an activating group) is 1. The van der Waals surface area contributed by atoms with Gasteiger partial charge in [-0.1, -0.05) is 19.8 Å². The molecule has 1 amide bonds. The molecule has 154 valence electrons. The summed E-state index contributed by atoms with van der Waals surface area (Å²) in [5.74, 6) is 3.13. The van der Waals surface area contributed by atoms with Crippen molar-refractivity contribution in [3.05, 3.63) is 0 Å². The van der Waals surface area contributed by atoms with Crippen LogP contribution in [0.4, 0.5) is 0 Å². The fraction of sp³-hybridized carbons (Fsp3) is 0.900. The highest BCUT2D eigenvalue weighted by atomic mass is 32.2. The predicted molar refractivity (Wildman–Crippen MR) is 111 cm³/mol. The Bertz CT molecular complexity index is 580. The molecule has 3 saturated carbocycles. The lowest BCUT2D eigenvalue weighted by Crippen LogP contribution is -2.51. The second-order valence-electron chi connectivity index (χ2n) is 8.68. The number of hydrogen-bond donors (Lipinski definition) is 2. The van der Waals surface area contributed by atoms with Crippen LogP contribution in [0.15, 0.2) is 4.99 Å². The molecule has 2 bridgehead atoms. The van der Waals surface area contributed by atoms with Gasteiger partial charge >= 0.3 is 0 Å².